The van der Waals surface area contributed by atoms with Crippen LogP contribution in [-0.4, -0.2) is 58.6 Å². The summed E-state index contributed by atoms with van der Waals surface area (Å²) in [5.74, 6) is 3.24. The van der Waals surface area contributed by atoms with Crippen LogP contribution in [-0.2, 0) is 11.3 Å². The number of rotatable bonds is 5. The first-order valence-corrected chi connectivity index (χ1v) is 10.6. The van der Waals surface area contributed by atoms with Gasteiger partial charge in [0, 0.05) is 42.7 Å². The van der Waals surface area contributed by atoms with E-state index in [0.29, 0.717) is 10.8 Å². The first-order chi connectivity index (χ1) is 12.7. The van der Waals surface area contributed by atoms with Crippen molar-refractivity contribution in [3.8, 4) is 5.75 Å². The number of ether oxygens (including phenoxy) is 1. The second-order valence-corrected chi connectivity index (χ2v) is 8.47. The van der Waals surface area contributed by atoms with Crippen LogP contribution in [0.3, 0.4) is 0 Å². The fraction of sp³-hybridized carbons (Fsp3) is 0.474. The van der Waals surface area contributed by atoms with Crippen LogP contribution < -0.4 is 10.1 Å². The smallest absolute Gasteiger partial charge is 0.276 e. The van der Waals surface area contributed by atoms with Crippen molar-refractivity contribution >= 4 is 41.1 Å². The zero-order valence-corrected chi connectivity index (χ0v) is 16.5. The van der Waals surface area contributed by atoms with E-state index in [4.69, 9.17) is 17.0 Å². The van der Waals surface area contributed by atoms with Gasteiger partial charge >= 0.3 is 0 Å². The molecule has 1 amide bonds. The minimum atomic E-state index is -0.0112. The number of methoxy groups -OCH3 is 1. The molecule has 0 aromatic heterocycles. The van der Waals surface area contributed by atoms with E-state index >= 15 is 0 Å². The Bertz CT molecular complexity index is 755. The lowest BCUT2D eigenvalue weighted by Crippen LogP contribution is -2.32. The molecular weight excluding hydrogens is 366 g/mol. The van der Waals surface area contributed by atoms with Crippen molar-refractivity contribution in [1.29, 1.82) is 0 Å². The van der Waals surface area contributed by atoms with Crippen LogP contribution in [0.4, 0.5) is 0 Å². The molecular formula is C19H23N3O2S2. The summed E-state index contributed by atoms with van der Waals surface area (Å²) >= 11 is 7.33. The molecule has 1 N–H and O–H groups in total. The Kier molecular flexibility index (Phi) is 5.20. The van der Waals surface area contributed by atoms with Crippen LogP contribution in [0.2, 0.25) is 0 Å². The third-order valence-electron chi connectivity index (χ3n) is 4.93. The minimum absolute atomic E-state index is 0.0112. The van der Waals surface area contributed by atoms with Gasteiger partial charge < -0.3 is 10.1 Å². The number of nitrogens with one attached hydrogen (secondary N) is 1. The van der Waals surface area contributed by atoms with Gasteiger partial charge in [-0.25, -0.2) is 0 Å². The van der Waals surface area contributed by atoms with Gasteiger partial charge in [0.15, 0.2) is 5.11 Å². The van der Waals surface area contributed by atoms with Crippen LogP contribution in [0.5, 0.6) is 5.75 Å². The van der Waals surface area contributed by atoms with Crippen molar-refractivity contribution in [1.82, 2.24) is 15.1 Å². The number of thioether (sulfide) groups is 1. The van der Waals surface area contributed by atoms with E-state index in [-0.39, 0.29) is 11.9 Å². The Morgan fingerprint density at radius 3 is 2.81 bits per heavy atom. The summed E-state index contributed by atoms with van der Waals surface area (Å²) in [4.78, 5) is 16.8. The molecule has 138 valence electrons. The molecule has 0 spiro atoms. The van der Waals surface area contributed by atoms with Gasteiger partial charge in [0.25, 0.3) is 5.91 Å². The molecule has 2 saturated heterocycles. The maximum atomic E-state index is 12.6. The van der Waals surface area contributed by atoms with Gasteiger partial charge in [-0.3, -0.25) is 14.6 Å². The SMILES string of the molecule is COc1ccc(/C=C2/NC(=S)N(C3CC3)C2=O)cc1CN1CCSCC1. The summed E-state index contributed by atoms with van der Waals surface area (Å²) in [7, 11) is 1.71. The summed E-state index contributed by atoms with van der Waals surface area (Å²) in [5, 5.41) is 3.61. The zero-order chi connectivity index (χ0) is 18.1. The van der Waals surface area contributed by atoms with Crippen molar-refractivity contribution in [3.05, 3.63) is 35.0 Å². The molecule has 1 aromatic carbocycles. The van der Waals surface area contributed by atoms with Crippen molar-refractivity contribution in [2.45, 2.75) is 25.4 Å². The van der Waals surface area contributed by atoms with Crippen LogP contribution in [0, 0.1) is 0 Å². The average molecular weight is 390 g/mol. The largest absolute Gasteiger partial charge is 0.496 e. The van der Waals surface area contributed by atoms with Gasteiger partial charge in [0.05, 0.1) is 7.11 Å². The predicted molar refractivity (Wildman–Crippen MR) is 109 cm³/mol. The van der Waals surface area contributed by atoms with Gasteiger partial charge in [-0.1, -0.05) is 6.07 Å². The van der Waals surface area contributed by atoms with Crippen LogP contribution >= 0.6 is 24.0 Å². The van der Waals surface area contributed by atoms with Crippen molar-refractivity contribution in [3.63, 3.8) is 0 Å². The number of hydrogen-bond acceptors (Lipinski definition) is 5. The molecule has 1 aromatic rings. The first kappa shape index (κ1) is 17.8. The summed E-state index contributed by atoms with van der Waals surface area (Å²) in [6.45, 7) is 3.07. The highest BCUT2D eigenvalue weighted by Gasteiger charge is 2.41. The summed E-state index contributed by atoms with van der Waals surface area (Å²) in [5.41, 5.74) is 2.71. The molecule has 0 radical (unpaired) electrons. The van der Waals surface area contributed by atoms with E-state index in [1.807, 2.05) is 30.0 Å². The molecule has 0 bridgehead atoms. The quantitative estimate of drug-likeness (QED) is 0.617. The highest BCUT2D eigenvalue weighted by atomic mass is 32.2. The Labute approximate surface area is 163 Å². The van der Waals surface area contributed by atoms with Crippen LogP contribution in [0.25, 0.3) is 6.08 Å². The van der Waals surface area contributed by atoms with Gasteiger partial charge in [0.1, 0.15) is 11.4 Å². The molecule has 1 saturated carbocycles. The van der Waals surface area contributed by atoms with E-state index in [1.54, 1.807) is 12.0 Å². The topological polar surface area (TPSA) is 44.8 Å². The molecule has 0 atom stereocenters. The second-order valence-electron chi connectivity index (χ2n) is 6.85. The highest BCUT2D eigenvalue weighted by Crippen LogP contribution is 2.31. The van der Waals surface area contributed by atoms with E-state index in [2.05, 4.69) is 16.3 Å². The third kappa shape index (κ3) is 3.75. The monoisotopic (exact) mass is 389 g/mol. The summed E-state index contributed by atoms with van der Waals surface area (Å²) in [6.07, 6.45) is 3.98. The summed E-state index contributed by atoms with van der Waals surface area (Å²) in [6, 6.07) is 6.37. The lowest BCUT2D eigenvalue weighted by molar-refractivity contribution is -0.122. The number of thiocarbonyl (C=S) groups is 1. The predicted octanol–water partition coefficient (Wildman–Crippen LogP) is 2.46. The standard InChI is InChI=1S/C19H23N3O2S2/c1-24-17-5-2-13(10-14(17)12-21-6-8-26-9-7-21)11-16-18(23)22(15-3-4-15)19(25)20-16/h2,5,10-11,15H,3-4,6-9,12H2,1H3,(H,20,25)/b16-11+. The molecule has 1 aliphatic carbocycles. The average Bonchev–Trinajstić information content (AvgIpc) is 3.43. The molecule has 4 rings (SSSR count). The molecule has 26 heavy (non-hydrogen) atoms. The number of carbonyl (C=O) groups excluding carboxylic acids is 1. The maximum absolute atomic E-state index is 12.6. The van der Waals surface area contributed by atoms with Gasteiger partial charge in [0.2, 0.25) is 0 Å². The van der Waals surface area contributed by atoms with Crippen molar-refractivity contribution in [2.24, 2.45) is 0 Å². The van der Waals surface area contributed by atoms with Gasteiger partial charge in [-0.05, 0) is 48.8 Å². The van der Waals surface area contributed by atoms with Crippen molar-refractivity contribution in [2.75, 3.05) is 31.7 Å². The van der Waals surface area contributed by atoms with Crippen LogP contribution in [0.15, 0.2) is 23.9 Å². The Morgan fingerprint density at radius 1 is 1.35 bits per heavy atom. The molecule has 7 heteroatoms. The fourth-order valence-electron chi connectivity index (χ4n) is 3.39. The minimum Gasteiger partial charge on any atom is -0.496 e. The Balaban J connectivity index is 1.55. The number of hydrogen-bond donors (Lipinski definition) is 1. The number of nitrogens with zero attached hydrogens (tertiary/aromatic N) is 2. The van der Waals surface area contributed by atoms with Gasteiger partial charge in [-0.15, -0.1) is 0 Å². The van der Waals surface area contributed by atoms with E-state index in [9.17, 15) is 4.79 Å². The zero-order valence-electron chi connectivity index (χ0n) is 14.9. The third-order valence-corrected chi connectivity index (χ3v) is 6.18. The molecule has 2 aliphatic heterocycles. The van der Waals surface area contributed by atoms with E-state index in [0.717, 1.165) is 49.4 Å². The highest BCUT2D eigenvalue weighted by molar-refractivity contribution is 7.99. The molecule has 2 heterocycles. The van der Waals surface area contributed by atoms with Crippen molar-refractivity contribution < 1.29 is 9.53 Å². The molecule has 3 aliphatic rings. The molecule has 0 unspecified atom stereocenters. The van der Waals surface area contributed by atoms with Gasteiger partial charge in [-0.2, -0.15) is 11.8 Å². The lowest BCUT2D eigenvalue weighted by atomic mass is 10.1. The van der Waals surface area contributed by atoms with Crippen LogP contribution in [0.1, 0.15) is 24.0 Å². The number of benzene rings is 1. The molecule has 5 nitrogen and oxygen atoms in total. The first-order valence-electron chi connectivity index (χ1n) is 8.99. The van der Waals surface area contributed by atoms with E-state index in [1.165, 1.54) is 11.5 Å². The number of amides is 1. The molecule has 3 fully saturated rings. The second kappa shape index (κ2) is 7.58. The number of carbonyl (C=O) groups is 1. The Hall–Kier alpha value is -1.57. The lowest BCUT2D eigenvalue weighted by Gasteiger charge is -2.26. The normalized spacial score (nSPS) is 22.8. The summed E-state index contributed by atoms with van der Waals surface area (Å²) < 4.78 is 5.54. The van der Waals surface area contributed by atoms with E-state index < -0.39 is 0 Å². The fourth-order valence-corrected chi connectivity index (χ4v) is 4.71. The Morgan fingerprint density at radius 2 is 2.12 bits per heavy atom. The maximum Gasteiger partial charge on any atom is 0.276 e.